The average molecular weight is 631 g/mol. The SMILES string of the molecule is CCCNCc1cnc(-c2cc3nccc(Oc4ccc(CC(=O)Cc5ccc(Cl)c(C(F)(F)F)c5)cc4F)c3s2)n1C. The second kappa shape index (κ2) is 12.8. The molecule has 0 unspecified atom stereocenters. The standard InChI is InChI=1S/C31H27ClF4N4O2S/c1-3-9-37-16-20-17-39-30(40(20)2)28-15-25-29(43-28)27(8-10-38-25)42-26-7-5-19(14-24(26)33)12-21(41)11-18-4-6-23(32)22(13-18)31(34,35)36/h4-8,10,13-15,17,37H,3,9,11-12,16H2,1-2H3. The van der Waals surface area contributed by atoms with E-state index in [2.05, 4.69) is 22.2 Å². The lowest BCUT2D eigenvalue weighted by molar-refractivity contribution is -0.137. The van der Waals surface area contributed by atoms with Crippen LogP contribution < -0.4 is 10.1 Å². The summed E-state index contributed by atoms with van der Waals surface area (Å²) in [7, 11) is 1.96. The Morgan fingerprint density at radius 1 is 1.05 bits per heavy atom. The van der Waals surface area contributed by atoms with E-state index >= 15 is 4.39 Å². The van der Waals surface area contributed by atoms with Crippen molar-refractivity contribution in [3.8, 4) is 22.2 Å². The first-order valence-corrected chi connectivity index (χ1v) is 14.7. The summed E-state index contributed by atoms with van der Waals surface area (Å²) in [6.07, 6.45) is -0.580. The molecule has 5 rings (SSSR count). The number of halogens is 5. The molecule has 0 fully saturated rings. The van der Waals surface area contributed by atoms with Crippen molar-refractivity contribution in [1.82, 2.24) is 19.9 Å². The molecule has 0 atom stereocenters. The number of nitrogens with zero attached hydrogens (tertiary/aromatic N) is 3. The van der Waals surface area contributed by atoms with E-state index in [0.29, 0.717) is 23.4 Å². The van der Waals surface area contributed by atoms with E-state index in [4.69, 9.17) is 16.3 Å². The van der Waals surface area contributed by atoms with Gasteiger partial charge in [0.2, 0.25) is 0 Å². The number of pyridine rings is 1. The molecule has 0 aliphatic rings. The number of imidazole rings is 1. The highest BCUT2D eigenvalue weighted by molar-refractivity contribution is 7.22. The van der Waals surface area contributed by atoms with Gasteiger partial charge in [0.1, 0.15) is 17.4 Å². The average Bonchev–Trinajstić information content (AvgIpc) is 3.54. The first kappa shape index (κ1) is 30.7. The van der Waals surface area contributed by atoms with Crippen LogP contribution in [0.4, 0.5) is 17.6 Å². The van der Waals surface area contributed by atoms with Gasteiger partial charge in [-0.2, -0.15) is 13.2 Å². The summed E-state index contributed by atoms with van der Waals surface area (Å²) in [6, 6.07) is 11.1. The minimum atomic E-state index is -4.63. The number of hydrogen-bond donors (Lipinski definition) is 1. The molecule has 12 heteroatoms. The van der Waals surface area contributed by atoms with Crippen LogP contribution in [0.15, 0.2) is 60.9 Å². The van der Waals surface area contributed by atoms with Gasteiger partial charge in [-0.05, 0) is 54.4 Å². The van der Waals surface area contributed by atoms with Crippen molar-refractivity contribution in [2.24, 2.45) is 7.05 Å². The van der Waals surface area contributed by atoms with Gasteiger partial charge in [0, 0.05) is 38.7 Å². The molecule has 3 aromatic heterocycles. The Kier molecular flexibility index (Phi) is 9.14. The van der Waals surface area contributed by atoms with Crippen molar-refractivity contribution in [3.63, 3.8) is 0 Å². The fraction of sp³-hybridized carbons (Fsp3) is 0.258. The van der Waals surface area contributed by atoms with Crippen LogP contribution >= 0.6 is 22.9 Å². The predicted octanol–water partition coefficient (Wildman–Crippen LogP) is 8.15. The molecule has 0 amide bonds. The number of fused-ring (bicyclic) bond motifs is 1. The van der Waals surface area contributed by atoms with Gasteiger partial charge in [-0.15, -0.1) is 11.3 Å². The van der Waals surface area contributed by atoms with Crippen molar-refractivity contribution in [2.45, 2.75) is 38.9 Å². The quantitative estimate of drug-likeness (QED) is 0.118. The fourth-order valence-electron chi connectivity index (χ4n) is 4.61. The first-order chi connectivity index (χ1) is 20.5. The molecule has 43 heavy (non-hydrogen) atoms. The molecular weight excluding hydrogens is 604 g/mol. The van der Waals surface area contributed by atoms with E-state index in [0.717, 1.165) is 46.2 Å². The van der Waals surface area contributed by atoms with Crippen LogP contribution in [0.1, 0.15) is 35.7 Å². The van der Waals surface area contributed by atoms with Gasteiger partial charge >= 0.3 is 6.18 Å². The second-order valence-electron chi connectivity index (χ2n) is 10.0. The highest BCUT2D eigenvalue weighted by atomic mass is 35.5. The van der Waals surface area contributed by atoms with Gasteiger partial charge < -0.3 is 14.6 Å². The maximum Gasteiger partial charge on any atom is 0.417 e. The third-order valence-corrected chi connectivity index (χ3v) is 8.23. The number of nitrogens with one attached hydrogen (secondary N) is 1. The zero-order valence-corrected chi connectivity index (χ0v) is 24.8. The van der Waals surface area contributed by atoms with E-state index in [1.165, 1.54) is 29.5 Å². The topological polar surface area (TPSA) is 69.0 Å². The number of aromatic nitrogens is 3. The lowest BCUT2D eigenvalue weighted by atomic mass is 10.0. The van der Waals surface area contributed by atoms with Crippen LogP contribution in [0, 0.1) is 5.82 Å². The molecule has 3 heterocycles. The summed E-state index contributed by atoms with van der Waals surface area (Å²) >= 11 is 7.09. The zero-order valence-electron chi connectivity index (χ0n) is 23.3. The fourth-order valence-corrected chi connectivity index (χ4v) is 5.93. The Bertz CT molecular complexity index is 1780. The molecule has 5 aromatic rings. The molecule has 0 saturated carbocycles. The number of rotatable bonds is 11. The van der Waals surface area contributed by atoms with Crippen LogP contribution in [0.3, 0.4) is 0 Å². The van der Waals surface area contributed by atoms with Crippen molar-refractivity contribution >= 4 is 38.9 Å². The summed E-state index contributed by atoms with van der Waals surface area (Å²) < 4.78 is 63.2. The molecule has 0 saturated heterocycles. The van der Waals surface area contributed by atoms with Gasteiger partial charge in [0.15, 0.2) is 11.6 Å². The van der Waals surface area contributed by atoms with Crippen LogP contribution in [-0.4, -0.2) is 26.9 Å². The smallest absolute Gasteiger partial charge is 0.417 e. The van der Waals surface area contributed by atoms with Crippen molar-refractivity contribution in [1.29, 1.82) is 0 Å². The lowest BCUT2D eigenvalue weighted by Gasteiger charge is -2.11. The highest BCUT2D eigenvalue weighted by Crippen LogP contribution is 2.39. The summed E-state index contributed by atoms with van der Waals surface area (Å²) in [4.78, 5) is 22.5. The van der Waals surface area contributed by atoms with Gasteiger partial charge in [0.25, 0.3) is 0 Å². The zero-order chi connectivity index (χ0) is 30.7. The summed E-state index contributed by atoms with van der Waals surface area (Å²) in [5.74, 6) is 0.129. The summed E-state index contributed by atoms with van der Waals surface area (Å²) in [5.41, 5.74) is 1.28. The number of thiophene rings is 1. The molecular formula is C31H27ClF4N4O2S. The monoisotopic (exact) mass is 630 g/mol. The minimum absolute atomic E-state index is 0.0348. The number of Topliss-reactive ketones (excluding diaryl/α,β-unsaturated/α-hetero) is 1. The number of carbonyl (C=O) groups excluding carboxylic acids is 1. The number of ketones is 1. The molecule has 6 nitrogen and oxygen atoms in total. The Morgan fingerprint density at radius 2 is 1.79 bits per heavy atom. The summed E-state index contributed by atoms with van der Waals surface area (Å²) in [6.45, 7) is 3.73. The van der Waals surface area contributed by atoms with E-state index in [9.17, 15) is 18.0 Å². The number of ether oxygens (including phenoxy) is 1. The molecule has 0 spiro atoms. The van der Waals surface area contributed by atoms with Gasteiger partial charge in [-0.3, -0.25) is 9.78 Å². The predicted molar refractivity (Wildman–Crippen MR) is 159 cm³/mol. The van der Waals surface area contributed by atoms with Gasteiger partial charge in [-0.25, -0.2) is 9.37 Å². The van der Waals surface area contributed by atoms with Gasteiger partial charge in [0.05, 0.1) is 37.6 Å². The van der Waals surface area contributed by atoms with Gasteiger partial charge in [-0.1, -0.05) is 30.7 Å². The number of hydrogen-bond acceptors (Lipinski definition) is 6. The Morgan fingerprint density at radius 3 is 2.51 bits per heavy atom. The largest absolute Gasteiger partial charge is 0.453 e. The summed E-state index contributed by atoms with van der Waals surface area (Å²) in [5, 5.41) is 2.94. The maximum atomic E-state index is 15.1. The van der Waals surface area contributed by atoms with E-state index in [1.54, 1.807) is 18.3 Å². The van der Waals surface area contributed by atoms with Crippen molar-refractivity contribution in [2.75, 3.05) is 6.54 Å². The minimum Gasteiger partial charge on any atom is -0.453 e. The molecule has 224 valence electrons. The first-order valence-electron chi connectivity index (χ1n) is 13.5. The third-order valence-electron chi connectivity index (χ3n) is 6.77. The molecule has 0 bridgehead atoms. The normalized spacial score (nSPS) is 11.8. The van der Waals surface area contributed by atoms with Crippen LogP contribution in [0.2, 0.25) is 5.02 Å². The maximum absolute atomic E-state index is 15.1. The molecule has 2 aromatic carbocycles. The number of benzene rings is 2. The van der Waals surface area contributed by atoms with E-state index in [1.807, 2.05) is 23.9 Å². The van der Waals surface area contributed by atoms with Crippen molar-refractivity contribution in [3.05, 3.63) is 94.1 Å². The highest BCUT2D eigenvalue weighted by Gasteiger charge is 2.33. The Labute approximate surface area is 254 Å². The van der Waals surface area contributed by atoms with E-state index < -0.39 is 22.6 Å². The second-order valence-corrected chi connectivity index (χ2v) is 11.5. The third kappa shape index (κ3) is 7.06. The Balaban J connectivity index is 1.29. The number of alkyl halides is 3. The number of carbonyl (C=O) groups is 1. The molecule has 0 aliphatic heterocycles. The Hall–Kier alpha value is -3.80. The van der Waals surface area contributed by atoms with E-state index in [-0.39, 0.29) is 29.9 Å². The van der Waals surface area contributed by atoms with Crippen LogP contribution in [0.5, 0.6) is 11.5 Å². The molecule has 0 radical (unpaired) electrons. The van der Waals surface area contributed by atoms with Crippen molar-refractivity contribution < 1.29 is 27.1 Å². The van der Waals surface area contributed by atoms with Crippen LogP contribution in [0.25, 0.3) is 20.9 Å². The van der Waals surface area contributed by atoms with Crippen LogP contribution in [-0.2, 0) is 37.4 Å². The lowest BCUT2D eigenvalue weighted by Crippen LogP contribution is -2.16. The molecule has 0 aliphatic carbocycles. The molecule has 1 N–H and O–H groups in total.